The Morgan fingerprint density at radius 2 is 1.96 bits per heavy atom. The number of carbonyl (C=O) groups is 1. The highest BCUT2D eigenvalue weighted by molar-refractivity contribution is 6.30. The highest BCUT2D eigenvalue weighted by Crippen LogP contribution is 2.26. The summed E-state index contributed by atoms with van der Waals surface area (Å²) in [5, 5.41) is 13.3. The fourth-order valence-electron chi connectivity index (χ4n) is 2.05. The summed E-state index contributed by atoms with van der Waals surface area (Å²) in [7, 11) is 0. The first-order valence-corrected chi connectivity index (χ1v) is 7.13. The molecule has 0 unspecified atom stereocenters. The van der Waals surface area contributed by atoms with Crippen molar-refractivity contribution in [3.63, 3.8) is 0 Å². The van der Waals surface area contributed by atoms with Crippen LogP contribution >= 0.6 is 11.6 Å². The van der Waals surface area contributed by atoms with Crippen LogP contribution in [0.5, 0.6) is 0 Å². The van der Waals surface area contributed by atoms with Crippen LogP contribution in [0.15, 0.2) is 39.2 Å². The van der Waals surface area contributed by atoms with Crippen molar-refractivity contribution in [1.82, 2.24) is 10.2 Å². The number of aromatic nitrogens is 2. The Hall–Kier alpha value is -2.80. The normalized spacial score (nSPS) is 10.6. The van der Waals surface area contributed by atoms with Crippen molar-refractivity contribution in [2.75, 3.05) is 10.6 Å². The van der Waals surface area contributed by atoms with Crippen LogP contribution in [0.25, 0.3) is 11.5 Å². The minimum Gasteiger partial charge on any atom is -0.466 e. The number of nitrogens with one attached hydrogen (secondary N) is 2. The van der Waals surface area contributed by atoms with Gasteiger partial charge >= 0.3 is 12.0 Å². The number of carbonyl (C=O) groups excluding carboxylic acids is 1. The van der Waals surface area contributed by atoms with Gasteiger partial charge < -0.3 is 14.2 Å². The molecule has 0 fully saturated rings. The maximum Gasteiger partial charge on any atom is 0.327 e. The molecule has 0 bridgehead atoms. The second-order valence-corrected chi connectivity index (χ2v) is 5.27. The van der Waals surface area contributed by atoms with Gasteiger partial charge in [-0.1, -0.05) is 22.8 Å². The number of anilines is 2. The third-order valence-corrected chi connectivity index (χ3v) is 3.23. The van der Waals surface area contributed by atoms with Gasteiger partial charge in [0, 0.05) is 10.7 Å². The van der Waals surface area contributed by atoms with E-state index in [1.54, 1.807) is 37.3 Å². The highest BCUT2D eigenvalue weighted by Gasteiger charge is 2.15. The Bertz CT molecular complexity index is 856. The van der Waals surface area contributed by atoms with Gasteiger partial charge in [-0.15, -0.1) is 5.10 Å². The lowest BCUT2D eigenvalue weighted by Crippen LogP contribution is -2.19. The van der Waals surface area contributed by atoms with Gasteiger partial charge in [0.25, 0.3) is 5.89 Å². The second-order valence-electron chi connectivity index (χ2n) is 4.83. The molecule has 0 radical (unpaired) electrons. The van der Waals surface area contributed by atoms with E-state index in [-0.39, 0.29) is 11.9 Å². The van der Waals surface area contributed by atoms with Crippen LogP contribution in [0.2, 0.25) is 5.02 Å². The fourth-order valence-corrected chi connectivity index (χ4v) is 2.24. The third-order valence-electron chi connectivity index (χ3n) is 3.00. The summed E-state index contributed by atoms with van der Waals surface area (Å²) >= 11 is 5.85. The molecule has 2 aromatic heterocycles. The first kappa shape index (κ1) is 15.1. The van der Waals surface area contributed by atoms with Gasteiger partial charge in [-0.3, -0.25) is 5.32 Å². The molecule has 0 aliphatic rings. The van der Waals surface area contributed by atoms with Crippen molar-refractivity contribution in [3.8, 4) is 11.5 Å². The van der Waals surface area contributed by atoms with E-state index in [1.807, 2.05) is 6.92 Å². The zero-order valence-electron chi connectivity index (χ0n) is 12.4. The van der Waals surface area contributed by atoms with Crippen LogP contribution in [-0.2, 0) is 0 Å². The molecule has 0 atom stereocenters. The number of halogens is 1. The number of furan rings is 1. The average molecular weight is 333 g/mol. The molecule has 0 aliphatic carbocycles. The summed E-state index contributed by atoms with van der Waals surface area (Å²) in [6.45, 7) is 3.62. The van der Waals surface area contributed by atoms with Crippen molar-refractivity contribution in [1.29, 1.82) is 0 Å². The van der Waals surface area contributed by atoms with E-state index in [9.17, 15) is 4.79 Å². The Balaban J connectivity index is 1.69. The molecule has 0 aliphatic heterocycles. The van der Waals surface area contributed by atoms with Crippen molar-refractivity contribution >= 4 is 29.3 Å². The Morgan fingerprint density at radius 3 is 2.65 bits per heavy atom. The van der Waals surface area contributed by atoms with E-state index < -0.39 is 6.03 Å². The molecule has 23 heavy (non-hydrogen) atoms. The standard InChI is InChI=1S/C15H13ClN4O3/c1-8-6-12(9(2)22-8)13-19-20-15(23-13)18-14(21)17-11-5-3-4-10(16)7-11/h3-7H,1-2H3,(H2,17,18,20,21). The van der Waals surface area contributed by atoms with Crippen LogP contribution < -0.4 is 10.6 Å². The summed E-state index contributed by atoms with van der Waals surface area (Å²) in [6, 6.07) is 8.04. The van der Waals surface area contributed by atoms with Gasteiger partial charge in [0.2, 0.25) is 0 Å². The molecule has 7 nitrogen and oxygen atoms in total. The maximum atomic E-state index is 11.9. The van der Waals surface area contributed by atoms with Crippen LogP contribution in [0.1, 0.15) is 11.5 Å². The zero-order valence-corrected chi connectivity index (χ0v) is 13.1. The van der Waals surface area contributed by atoms with E-state index in [1.165, 1.54) is 0 Å². The number of urea groups is 1. The Morgan fingerprint density at radius 1 is 1.13 bits per heavy atom. The van der Waals surface area contributed by atoms with Gasteiger partial charge in [-0.05, 0) is 38.1 Å². The molecule has 2 N–H and O–H groups in total. The molecule has 0 spiro atoms. The predicted molar refractivity (Wildman–Crippen MR) is 85.6 cm³/mol. The number of hydrogen-bond acceptors (Lipinski definition) is 5. The topological polar surface area (TPSA) is 93.2 Å². The first-order chi connectivity index (χ1) is 11.0. The van der Waals surface area contributed by atoms with E-state index >= 15 is 0 Å². The lowest BCUT2D eigenvalue weighted by molar-refractivity contribution is 0.261. The van der Waals surface area contributed by atoms with Crippen molar-refractivity contribution in [2.45, 2.75) is 13.8 Å². The van der Waals surface area contributed by atoms with Crippen LogP contribution in [-0.4, -0.2) is 16.2 Å². The van der Waals surface area contributed by atoms with Crippen molar-refractivity contribution in [3.05, 3.63) is 46.9 Å². The van der Waals surface area contributed by atoms with Crippen LogP contribution in [0.3, 0.4) is 0 Å². The summed E-state index contributed by atoms with van der Waals surface area (Å²) in [6.07, 6.45) is 0. The molecule has 0 saturated carbocycles. The fraction of sp³-hybridized carbons (Fsp3) is 0.133. The first-order valence-electron chi connectivity index (χ1n) is 6.76. The molecule has 2 heterocycles. The molecule has 118 valence electrons. The van der Waals surface area contributed by atoms with Crippen molar-refractivity contribution in [2.24, 2.45) is 0 Å². The van der Waals surface area contributed by atoms with Gasteiger partial charge in [-0.2, -0.15) is 0 Å². The van der Waals surface area contributed by atoms with Crippen LogP contribution in [0.4, 0.5) is 16.5 Å². The monoisotopic (exact) mass is 332 g/mol. The number of nitrogens with zero attached hydrogens (tertiary/aromatic N) is 2. The quantitative estimate of drug-likeness (QED) is 0.748. The average Bonchev–Trinajstić information content (AvgIpc) is 3.05. The molecule has 0 saturated heterocycles. The minimum absolute atomic E-state index is 0.0159. The van der Waals surface area contributed by atoms with E-state index in [0.29, 0.717) is 22.0 Å². The Kier molecular flexibility index (Phi) is 4.03. The lowest BCUT2D eigenvalue weighted by atomic mass is 10.2. The number of aryl methyl sites for hydroxylation is 2. The largest absolute Gasteiger partial charge is 0.466 e. The summed E-state index contributed by atoms with van der Waals surface area (Å²) in [4.78, 5) is 11.9. The van der Waals surface area contributed by atoms with Crippen LogP contribution in [0, 0.1) is 13.8 Å². The van der Waals surface area contributed by atoms with E-state index in [4.69, 9.17) is 20.4 Å². The molecule has 3 rings (SSSR count). The zero-order chi connectivity index (χ0) is 16.4. The molecular formula is C15H13ClN4O3. The highest BCUT2D eigenvalue weighted by atomic mass is 35.5. The minimum atomic E-state index is -0.512. The Labute approximate surface area is 136 Å². The third kappa shape index (κ3) is 3.51. The van der Waals surface area contributed by atoms with Gasteiger partial charge in [0.1, 0.15) is 11.5 Å². The van der Waals surface area contributed by atoms with Gasteiger partial charge in [0.15, 0.2) is 0 Å². The predicted octanol–water partition coefficient (Wildman–Crippen LogP) is 4.24. The second kappa shape index (κ2) is 6.13. The maximum absolute atomic E-state index is 11.9. The number of benzene rings is 1. The number of hydrogen-bond donors (Lipinski definition) is 2. The van der Waals surface area contributed by atoms with Gasteiger partial charge in [-0.25, -0.2) is 4.79 Å². The number of amides is 2. The molecule has 3 aromatic rings. The smallest absolute Gasteiger partial charge is 0.327 e. The van der Waals surface area contributed by atoms with E-state index in [2.05, 4.69) is 20.8 Å². The molecule has 2 amide bonds. The summed E-state index contributed by atoms with van der Waals surface area (Å²) in [5.74, 6) is 1.68. The molecule has 8 heteroatoms. The van der Waals surface area contributed by atoms with Gasteiger partial charge in [0.05, 0.1) is 5.56 Å². The molecular weight excluding hydrogens is 320 g/mol. The van der Waals surface area contributed by atoms with E-state index in [0.717, 1.165) is 5.76 Å². The SMILES string of the molecule is Cc1cc(-c2nnc(NC(=O)Nc3cccc(Cl)c3)o2)c(C)o1. The molecule has 1 aromatic carbocycles. The lowest BCUT2D eigenvalue weighted by Gasteiger charge is -2.04. The summed E-state index contributed by atoms with van der Waals surface area (Å²) < 4.78 is 10.8. The number of rotatable bonds is 3. The summed E-state index contributed by atoms with van der Waals surface area (Å²) in [5.41, 5.74) is 1.24. The van der Waals surface area contributed by atoms with Crippen molar-refractivity contribution < 1.29 is 13.6 Å².